The van der Waals surface area contributed by atoms with Crippen molar-refractivity contribution >= 4 is 11.8 Å². The minimum absolute atomic E-state index is 0.576. The molecule has 0 rings (SSSR count). The fourth-order valence-electron chi connectivity index (χ4n) is 0.380. The third-order valence-corrected chi connectivity index (χ3v) is 1.53. The van der Waals surface area contributed by atoms with Gasteiger partial charge in [-0.25, -0.2) is 0 Å². The summed E-state index contributed by atoms with van der Waals surface area (Å²) in [6, 6.07) is 2.05. The Morgan fingerprint density at radius 2 is 2.44 bits per heavy atom. The van der Waals surface area contributed by atoms with Crippen LogP contribution in [0, 0.1) is 11.3 Å². The van der Waals surface area contributed by atoms with Gasteiger partial charge in [0.25, 0.3) is 0 Å². The van der Waals surface area contributed by atoms with E-state index in [0.29, 0.717) is 5.75 Å². The number of thioether (sulfide) groups is 1. The summed E-state index contributed by atoms with van der Waals surface area (Å²) in [4.78, 5) is 0. The number of hydrogen-bond acceptors (Lipinski definition) is 3. The van der Waals surface area contributed by atoms with E-state index >= 15 is 0 Å². The molecule has 0 saturated heterocycles. The molecule has 0 spiro atoms. The lowest BCUT2D eigenvalue weighted by Gasteiger charge is -1.96. The number of hydrogen-bond donors (Lipinski definition) is 0. The van der Waals surface area contributed by atoms with Crippen molar-refractivity contribution in [1.29, 1.82) is 5.26 Å². The predicted molar refractivity (Wildman–Crippen MR) is 39.4 cm³/mol. The molecule has 2 nitrogen and oxygen atoms in total. The lowest BCUT2D eigenvalue weighted by molar-refractivity contribution is 0.164. The molecule has 0 aliphatic heterocycles. The Morgan fingerprint density at radius 1 is 1.67 bits per heavy atom. The first-order valence-electron chi connectivity index (χ1n) is 2.94. The highest BCUT2D eigenvalue weighted by Gasteiger charge is 1.85. The van der Waals surface area contributed by atoms with Crippen LogP contribution >= 0.6 is 11.8 Å². The average Bonchev–Trinajstić information content (AvgIpc) is 1.89. The Morgan fingerprint density at radius 3 is 3.00 bits per heavy atom. The highest BCUT2D eigenvalue weighted by molar-refractivity contribution is 7.99. The molecule has 0 aromatic heterocycles. The first-order valence-corrected chi connectivity index (χ1v) is 4.09. The van der Waals surface area contributed by atoms with Gasteiger partial charge in [-0.2, -0.15) is 5.26 Å². The van der Waals surface area contributed by atoms with E-state index in [2.05, 4.69) is 6.07 Å². The molecule has 0 bridgehead atoms. The van der Waals surface area contributed by atoms with Crippen LogP contribution in [0.1, 0.15) is 6.92 Å². The second-order valence-corrected chi connectivity index (χ2v) is 2.51. The molecule has 52 valence electrons. The van der Waals surface area contributed by atoms with Crippen molar-refractivity contribution in [2.45, 2.75) is 6.92 Å². The zero-order valence-corrected chi connectivity index (χ0v) is 6.41. The van der Waals surface area contributed by atoms with E-state index in [-0.39, 0.29) is 0 Å². The van der Waals surface area contributed by atoms with Gasteiger partial charge in [-0.3, -0.25) is 0 Å². The van der Waals surface area contributed by atoms with Crippen molar-refractivity contribution in [1.82, 2.24) is 0 Å². The molecule has 0 saturated carbocycles. The third-order valence-electron chi connectivity index (χ3n) is 0.743. The number of nitriles is 1. The Hall–Kier alpha value is -0.200. The van der Waals surface area contributed by atoms with Crippen molar-refractivity contribution in [3.05, 3.63) is 0 Å². The fourth-order valence-corrected chi connectivity index (χ4v) is 0.851. The summed E-state index contributed by atoms with van der Waals surface area (Å²) in [5.41, 5.74) is 0. The van der Waals surface area contributed by atoms with Crippen LogP contribution in [-0.2, 0) is 4.74 Å². The highest BCUT2D eigenvalue weighted by atomic mass is 32.2. The van der Waals surface area contributed by atoms with Crippen LogP contribution in [0.5, 0.6) is 0 Å². The molecular weight excluding hydrogens is 134 g/mol. The third kappa shape index (κ3) is 7.80. The Balaban J connectivity index is 2.69. The number of ether oxygens (including phenoxy) is 1. The summed E-state index contributed by atoms with van der Waals surface area (Å²) in [5.74, 6) is 1.51. The van der Waals surface area contributed by atoms with Gasteiger partial charge in [-0.05, 0) is 6.92 Å². The van der Waals surface area contributed by atoms with Crippen molar-refractivity contribution in [3.63, 3.8) is 0 Å². The van der Waals surface area contributed by atoms with Gasteiger partial charge in [0.05, 0.1) is 18.4 Å². The second kappa shape index (κ2) is 7.80. The topological polar surface area (TPSA) is 33.0 Å². The Bertz CT molecular complexity index is 89.5. The molecule has 0 aliphatic carbocycles. The lowest BCUT2D eigenvalue weighted by Crippen LogP contribution is -1.95. The molecule has 0 aliphatic rings. The minimum atomic E-state index is 0.576. The monoisotopic (exact) mass is 145 g/mol. The van der Waals surface area contributed by atoms with Gasteiger partial charge in [0.15, 0.2) is 0 Å². The Kier molecular flexibility index (Phi) is 7.63. The van der Waals surface area contributed by atoms with Crippen molar-refractivity contribution < 1.29 is 4.74 Å². The molecule has 9 heavy (non-hydrogen) atoms. The zero-order valence-electron chi connectivity index (χ0n) is 5.59. The zero-order chi connectivity index (χ0) is 6.95. The molecule has 3 heteroatoms. The summed E-state index contributed by atoms with van der Waals surface area (Å²) in [5, 5.41) is 8.11. The van der Waals surface area contributed by atoms with E-state index in [9.17, 15) is 0 Å². The molecule has 0 radical (unpaired) electrons. The van der Waals surface area contributed by atoms with Crippen LogP contribution in [0.25, 0.3) is 0 Å². The molecule has 0 fully saturated rings. The molecule has 0 heterocycles. The minimum Gasteiger partial charge on any atom is -0.381 e. The van der Waals surface area contributed by atoms with E-state index in [4.69, 9.17) is 10.00 Å². The fraction of sp³-hybridized carbons (Fsp3) is 0.833. The summed E-state index contributed by atoms with van der Waals surface area (Å²) < 4.78 is 5.05. The molecule has 0 N–H and O–H groups in total. The van der Waals surface area contributed by atoms with E-state index < -0.39 is 0 Å². The predicted octanol–water partition coefficient (Wildman–Crippen LogP) is 1.28. The second-order valence-electron chi connectivity index (χ2n) is 1.41. The molecule has 0 unspecified atom stereocenters. The maximum absolute atomic E-state index is 8.11. The molecular formula is C6H11NOS. The maximum Gasteiger partial charge on any atom is 0.0808 e. The molecule has 0 atom stereocenters. The smallest absolute Gasteiger partial charge is 0.0808 e. The maximum atomic E-state index is 8.11. The largest absolute Gasteiger partial charge is 0.381 e. The van der Waals surface area contributed by atoms with E-state index in [1.165, 1.54) is 0 Å². The molecule has 0 aromatic rings. The van der Waals surface area contributed by atoms with Crippen LogP contribution in [-0.4, -0.2) is 24.7 Å². The van der Waals surface area contributed by atoms with Gasteiger partial charge in [0.1, 0.15) is 0 Å². The van der Waals surface area contributed by atoms with Crippen molar-refractivity contribution in [2.75, 3.05) is 24.7 Å². The van der Waals surface area contributed by atoms with Crippen LogP contribution in [0.15, 0.2) is 0 Å². The van der Waals surface area contributed by atoms with Gasteiger partial charge in [-0.1, -0.05) is 0 Å². The van der Waals surface area contributed by atoms with E-state index in [0.717, 1.165) is 19.0 Å². The van der Waals surface area contributed by atoms with Gasteiger partial charge >= 0.3 is 0 Å². The van der Waals surface area contributed by atoms with Crippen LogP contribution in [0.3, 0.4) is 0 Å². The Labute approximate surface area is 60.2 Å². The van der Waals surface area contributed by atoms with Gasteiger partial charge in [0, 0.05) is 12.4 Å². The van der Waals surface area contributed by atoms with Crippen molar-refractivity contribution in [2.24, 2.45) is 0 Å². The van der Waals surface area contributed by atoms with E-state index in [1.54, 1.807) is 11.8 Å². The molecule has 0 aromatic carbocycles. The van der Waals surface area contributed by atoms with Gasteiger partial charge in [0.2, 0.25) is 0 Å². The quantitative estimate of drug-likeness (QED) is 0.546. The van der Waals surface area contributed by atoms with Gasteiger partial charge in [-0.15, -0.1) is 11.8 Å². The standard InChI is InChI=1S/C6H11NOS/c1-2-8-4-6-9-5-3-7/h2,4-6H2,1H3. The number of rotatable bonds is 5. The first-order chi connectivity index (χ1) is 4.41. The van der Waals surface area contributed by atoms with E-state index in [1.807, 2.05) is 6.92 Å². The highest BCUT2D eigenvalue weighted by Crippen LogP contribution is 1.96. The number of nitrogens with zero attached hydrogens (tertiary/aromatic N) is 1. The lowest BCUT2D eigenvalue weighted by atomic mass is 10.8. The van der Waals surface area contributed by atoms with Crippen LogP contribution in [0.4, 0.5) is 0 Å². The summed E-state index contributed by atoms with van der Waals surface area (Å²) in [7, 11) is 0. The van der Waals surface area contributed by atoms with Crippen LogP contribution < -0.4 is 0 Å². The first kappa shape index (κ1) is 8.80. The van der Waals surface area contributed by atoms with Gasteiger partial charge < -0.3 is 4.74 Å². The summed E-state index contributed by atoms with van der Waals surface area (Å²) in [6.07, 6.45) is 0. The SMILES string of the molecule is CCOCCSCC#N. The van der Waals surface area contributed by atoms with Crippen molar-refractivity contribution in [3.8, 4) is 6.07 Å². The summed E-state index contributed by atoms with van der Waals surface area (Å²) >= 11 is 1.61. The molecule has 0 amide bonds. The normalized spacial score (nSPS) is 8.89. The average molecular weight is 145 g/mol. The summed E-state index contributed by atoms with van der Waals surface area (Å²) in [6.45, 7) is 3.50. The van der Waals surface area contributed by atoms with Crippen LogP contribution in [0.2, 0.25) is 0 Å².